The average molecular weight is 234 g/mol. The van der Waals surface area contributed by atoms with Crippen molar-refractivity contribution in [1.82, 2.24) is 14.9 Å². The van der Waals surface area contributed by atoms with Gasteiger partial charge in [0.2, 0.25) is 0 Å². The summed E-state index contributed by atoms with van der Waals surface area (Å²) in [5.74, 6) is -0.150. The van der Waals surface area contributed by atoms with E-state index in [-0.39, 0.29) is 11.3 Å². The predicted molar refractivity (Wildman–Crippen MR) is 58.4 cm³/mol. The number of nitrogens with one attached hydrogen (secondary N) is 1. The van der Waals surface area contributed by atoms with Crippen LogP contribution in [0.1, 0.15) is 10.4 Å². The molecule has 0 radical (unpaired) electrons. The summed E-state index contributed by atoms with van der Waals surface area (Å²) < 4.78 is 6.20. The molecule has 0 aliphatic carbocycles. The molecule has 17 heavy (non-hydrogen) atoms. The zero-order chi connectivity index (χ0) is 12.3. The molecule has 0 aliphatic heterocycles. The molecule has 0 bridgehead atoms. The maximum atomic E-state index is 11.7. The van der Waals surface area contributed by atoms with Crippen LogP contribution < -0.4 is 10.2 Å². The SMILES string of the molecule is COc1ccc(C(=O)Nn2cnnc2)c(O)c1. The van der Waals surface area contributed by atoms with E-state index in [1.165, 1.54) is 36.6 Å². The van der Waals surface area contributed by atoms with E-state index in [9.17, 15) is 9.90 Å². The first-order valence-corrected chi connectivity index (χ1v) is 4.73. The van der Waals surface area contributed by atoms with Crippen LogP contribution in [-0.2, 0) is 0 Å². The molecule has 0 fully saturated rings. The Hall–Kier alpha value is -2.57. The number of methoxy groups -OCH3 is 1. The van der Waals surface area contributed by atoms with Gasteiger partial charge in [0.05, 0.1) is 12.7 Å². The lowest BCUT2D eigenvalue weighted by atomic mass is 10.2. The van der Waals surface area contributed by atoms with Crippen molar-refractivity contribution in [2.75, 3.05) is 12.5 Å². The fourth-order valence-corrected chi connectivity index (χ4v) is 1.27. The van der Waals surface area contributed by atoms with Gasteiger partial charge in [0.15, 0.2) is 0 Å². The first kappa shape index (κ1) is 10.9. The third-order valence-corrected chi connectivity index (χ3v) is 2.10. The van der Waals surface area contributed by atoms with Crippen molar-refractivity contribution in [2.24, 2.45) is 0 Å². The molecule has 0 saturated carbocycles. The predicted octanol–water partition coefficient (Wildman–Crippen LogP) is 0.376. The maximum Gasteiger partial charge on any atom is 0.273 e. The number of ether oxygens (including phenoxy) is 1. The molecule has 7 nitrogen and oxygen atoms in total. The standard InChI is InChI=1S/C10H10N4O3/c1-17-7-2-3-8(9(15)4-7)10(16)13-14-5-11-12-6-14/h2-6,15H,1H3,(H,13,16). The number of benzene rings is 1. The van der Waals surface area contributed by atoms with Crippen molar-refractivity contribution in [2.45, 2.75) is 0 Å². The van der Waals surface area contributed by atoms with E-state index in [1.54, 1.807) is 6.07 Å². The largest absolute Gasteiger partial charge is 0.507 e. The topological polar surface area (TPSA) is 89.3 Å². The smallest absolute Gasteiger partial charge is 0.273 e. The van der Waals surface area contributed by atoms with Gasteiger partial charge < -0.3 is 9.84 Å². The number of amides is 1. The number of phenols is 1. The molecule has 0 aliphatic rings. The third kappa shape index (κ3) is 2.33. The quantitative estimate of drug-likeness (QED) is 0.801. The first-order valence-electron chi connectivity index (χ1n) is 4.73. The van der Waals surface area contributed by atoms with Gasteiger partial charge in [-0.1, -0.05) is 0 Å². The highest BCUT2D eigenvalue weighted by molar-refractivity contribution is 6.02. The van der Waals surface area contributed by atoms with Gasteiger partial charge in [-0.15, -0.1) is 10.2 Å². The molecule has 0 atom stereocenters. The van der Waals surface area contributed by atoms with Crippen molar-refractivity contribution in [3.63, 3.8) is 0 Å². The Kier molecular flexibility index (Phi) is 2.91. The van der Waals surface area contributed by atoms with Crippen LogP contribution in [0, 0.1) is 0 Å². The van der Waals surface area contributed by atoms with E-state index in [2.05, 4.69) is 15.6 Å². The highest BCUT2D eigenvalue weighted by Gasteiger charge is 2.12. The summed E-state index contributed by atoms with van der Waals surface area (Å²) >= 11 is 0. The fourth-order valence-electron chi connectivity index (χ4n) is 1.27. The molecule has 7 heteroatoms. The summed E-state index contributed by atoms with van der Waals surface area (Å²) in [5, 5.41) is 16.7. The van der Waals surface area contributed by atoms with Gasteiger partial charge in [-0.05, 0) is 12.1 Å². The van der Waals surface area contributed by atoms with Gasteiger partial charge in [-0.3, -0.25) is 10.2 Å². The minimum Gasteiger partial charge on any atom is -0.507 e. The molecule has 0 saturated heterocycles. The molecular weight excluding hydrogens is 224 g/mol. The molecule has 2 aromatic rings. The number of phenolic OH excluding ortho intramolecular Hbond substituents is 1. The van der Waals surface area contributed by atoms with Gasteiger partial charge >= 0.3 is 0 Å². The highest BCUT2D eigenvalue weighted by atomic mass is 16.5. The van der Waals surface area contributed by atoms with Crippen LogP contribution in [0.25, 0.3) is 0 Å². The Bertz CT molecular complexity index is 524. The van der Waals surface area contributed by atoms with Crippen LogP contribution in [0.15, 0.2) is 30.9 Å². The van der Waals surface area contributed by atoms with Crippen LogP contribution in [-0.4, -0.2) is 33.0 Å². The molecule has 2 N–H and O–H groups in total. The van der Waals surface area contributed by atoms with Crippen LogP contribution in [0.3, 0.4) is 0 Å². The number of carbonyl (C=O) groups is 1. The van der Waals surface area contributed by atoms with Crippen molar-refractivity contribution in [3.05, 3.63) is 36.4 Å². The number of hydrogen-bond donors (Lipinski definition) is 2. The van der Waals surface area contributed by atoms with Gasteiger partial charge in [0.1, 0.15) is 24.2 Å². The van der Waals surface area contributed by atoms with Crippen LogP contribution in [0.4, 0.5) is 0 Å². The fraction of sp³-hybridized carbons (Fsp3) is 0.100. The first-order chi connectivity index (χ1) is 8.20. The zero-order valence-electron chi connectivity index (χ0n) is 8.99. The minimum absolute atomic E-state index is 0.138. The van der Waals surface area contributed by atoms with E-state index >= 15 is 0 Å². The van der Waals surface area contributed by atoms with Crippen molar-refractivity contribution in [1.29, 1.82) is 0 Å². The number of aromatic nitrogens is 3. The molecule has 88 valence electrons. The third-order valence-electron chi connectivity index (χ3n) is 2.10. The number of hydrogen-bond acceptors (Lipinski definition) is 5. The van der Waals surface area contributed by atoms with Gasteiger partial charge in [-0.25, -0.2) is 4.68 Å². The van der Waals surface area contributed by atoms with E-state index in [0.29, 0.717) is 5.75 Å². The molecule has 1 aromatic heterocycles. The number of rotatable bonds is 3. The molecule has 1 aromatic carbocycles. The molecule has 1 amide bonds. The second-order valence-electron chi connectivity index (χ2n) is 3.19. The van der Waals surface area contributed by atoms with E-state index in [4.69, 9.17) is 4.74 Å². The summed E-state index contributed by atoms with van der Waals surface area (Å²) in [4.78, 5) is 11.7. The minimum atomic E-state index is -0.468. The molecular formula is C10H10N4O3. The lowest BCUT2D eigenvalue weighted by molar-refractivity contribution is 0.100. The Morgan fingerprint density at radius 1 is 1.41 bits per heavy atom. The van der Waals surface area contributed by atoms with Crippen LogP contribution >= 0.6 is 0 Å². The monoisotopic (exact) mass is 234 g/mol. The summed E-state index contributed by atoms with van der Waals surface area (Å²) in [7, 11) is 1.48. The van der Waals surface area contributed by atoms with Crippen molar-refractivity contribution in [3.8, 4) is 11.5 Å². The normalized spacial score (nSPS) is 9.94. The summed E-state index contributed by atoms with van der Waals surface area (Å²) in [6.45, 7) is 0. The Morgan fingerprint density at radius 3 is 2.71 bits per heavy atom. The number of nitrogens with zero attached hydrogens (tertiary/aromatic N) is 3. The van der Waals surface area contributed by atoms with Gasteiger partial charge in [0, 0.05) is 6.07 Å². The Morgan fingerprint density at radius 2 is 2.12 bits per heavy atom. The Balaban J connectivity index is 2.19. The zero-order valence-corrected chi connectivity index (χ0v) is 8.99. The second-order valence-corrected chi connectivity index (χ2v) is 3.19. The lowest BCUT2D eigenvalue weighted by Crippen LogP contribution is -2.21. The summed E-state index contributed by atoms with van der Waals surface area (Å²) in [5.41, 5.74) is 2.61. The number of aromatic hydroxyl groups is 1. The number of carbonyl (C=O) groups excluding carboxylic acids is 1. The molecule has 0 unspecified atom stereocenters. The Labute approximate surface area is 96.6 Å². The van der Waals surface area contributed by atoms with Gasteiger partial charge in [0.25, 0.3) is 5.91 Å². The summed E-state index contributed by atoms with van der Waals surface area (Å²) in [6, 6.07) is 4.41. The van der Waals surface area contributed by atoms with E-state index in [0.717, 1.165) is 0 Å². The molecule has 0 spiro atoms. The lowest BCUT2D eigenvalue weighted by Gasteiger charge is -2.07. The van der Waals surface area contributed by atoms with E-state index < -0.39 is 5.91 Å². The van der Waals surface area contributed by atoms with Crippen molar-refractivity contribution < 1.29 is 14.6 Å². The maximum absolute atomic E-state index is 11.7. The van der Waals surface area contributed by atoms with E-state index in [1.807, 2.05) is 0 Å². The molecule has 2 rings (SSSR count). The van der Waals surface area contributed by atoms with Crippen LogP contribution in [0.2, 0.25) is 0 Å². The van der Waals surface area contributed by atoms with Crippen molar-refractivity contribution >= 4 is 5.91 Å². The second kappa shape index (κ2) is 4.52. The molecule has 1 heterocycles. The van der Waals surface area contributed by atoms with Gasteiger partial charge in [-0.2, -0.15) is 0 Å². The highest BCUT2D eigenvalue weighted by Crippen LogP contribution is 2.23. The van der Waals surface area contributed by atoms with Crippen LogP contribution in [0.5, 0.6) is 11.5 Å². The average Bonchev–Trinajstić information content (AvgIpc) is 2.81. The summed E-state index contributed by atoms with van der Waals surface area (Å²) in [6.07, 6.45) is 2.66.